The molecule has 0 radical (unpaired) electrons. The van der Waals surface area contributed by atoms with Crippen molar-refractivity contribution >= 4 is 21.5 Å². The van der Waals surface area contributed by atoms with Crippen molar-refractivity contribution in [1.29, 1.82) is 0 Å². The van der Waals surface area contributed by atoms with E-state index >= 15 is 0 Å². The predicted molar refractivity (Wildman–Crippen MR) is 125 cm³/mol. The van der Waals surface area contributed by atoms with Gasteiger partial charge in [-0.3, -0.25) is 15.0 Å². The van der Waals surface area contributed by atoms with Crippen molar-refractivity contribution in [2.24, 2.45) is 0 Å². The van der Waals surface area contributed by atoms with Crippen molar-refractivity contribution in [1.82, 2.24) is 10.2 Å². The third kappa shape index (κ3) is 3.09. The Morgan fingerprint density at radius 1 is 0.774 bits per heavy atom. The second kappa shape index (κ2) is 7.76. The lowest BCUT2D eigenvalue weighted by Gasteiger charge is -2.28. The highest BCUT2D eigenvalue weighted by molar-refractivity contribution is 5.87. The van der Waals surface area contributed by atoms with Crippen LogP contribution in [0.5, 0.6) is 0 Å². The second-order valence-electron chi connectivity index (χ2n) is 8.28. The van der Waals surface area contributed by atoms with Crippen molar-refractivity contribution in [2.75, 3.05) is 14.1 Å². The molecule has 1 heterocycles. The quantitative estimate of drug-likeness (QED) is 0.381. The minimum absolute atomic E-state index is 0.102. The number of hydrogen-bond donors (Lipinski definition) is 1. The smallest absolute Gasteiger partial charge is 0.249 e. The van der Waals surface area contributed by atoms with Crippen LogP contribution in [0, 0.1) is 10.1 Å². The topological polar surface area (TPSA) is 58.4 Å². The number of benzene rings is 4. The van der Waals surface area contributed by atoms with Crippen molar-refractivity contribution < 1.29 is 4.92 Å². The summed E-state index contributed by atoms with van der Waals surface area (Å²) in [6.45, 7) is 0. The summed E-state index contributed by atoms with van der Waals surface area (Å²) in [5, 5.41) is 20.2. The fraction of sp³-hybridized carbons (Fsp3) is 0.231. The Balaban J connectivity index is 1.72. The second-order valence-corrected chi connectivity index (χ2v) is 8.28. The summed E-state index contributed by atoms with van der Waals surface area (Å²) >= 11 is 0. The zero-order chi connectivity index (χ0) is 21.5. The molecule has 4 aromatic rings. The van der Waals surface area contributed by atoms with Gasteiger partial charge in [0.2, 0.25) is 6.04 Å². The summed E-state index contributed by atoms with van der Waals surface area (Å²) in [6.07, 6.45) is 0. The van der Waals surface area contributed by atoms with E-state index in [0.29, 0.717) is 0 Å². The molecule has 0 aromatic heterocycles. The Labute approximate surface area is 181 Å². The molecule has 4 aromatic carbocycles. The molecule has 31 heavy (non-hydrogen) atoms. The summed E-state index contributed by atoms with van der Waals surface area (Å²) in [7, 11) is 3.85. The minimum atomic E-state index is -0.773. The third-order valence-corrected chi connectivity index (χ3v) is 6.77. The predicted octanol–water partition coefficient (Wildman–Crippen LogP) is 4.95. The summed E-state index contributed by atoms with van der Waals surface area (Å²) in [5.74, 6) is 0. The van der Waals surface area contributed by atoms with Crippen molar-refractivity contribution in [3.63, 3.8) is 0 Å². The Morgan fingerprint density at radius 2 is 1.26 bits per heavy atom. The van der Waals surface area contributed by atoms with Gasteiger partial charge in [-0.05, 0) is 46.8 Å². The van der Waals surface area contributed by atoms with Crippen LogP contribution in [-0.2, 0) is 0 Å². The first kappa shape index (κ1) is 19.7. The fourth-order valence-corrected chi connectivity index (χ4v) is 5.46. The van der Waals surface area contributed by atoms with E-state index in [1.54, 1.807) is 0 Å². The highest BCUT2D eigenvalue weighted by Crippen LogP contribution is 2.47. The van der Waals surface area contributed by atoms with E-state index in [1.807, 2.05) is 56.6 Å². The molecule has 0 saturated carbocycles. The number of likely N-dealkylation sites (tertiary alicyclic amines) is 1. The van der Waals surface area contributed by atoms with Crippen LogP contribution in [-0.4, -0.2) is 36.0 Å². The Morgan fingerprint density at radius 3 is 1.77 bits per heavy atom. The molecule has 156 valence electrons. The molecule has 1 N–H and O–H groups in total. The monoisotopic (exact) mass is 411 g/mol. The van der Waals surface area contributed by atoms with Gasteiger partial charge in [0.15, 0.2) is 0 Å². The summed E-state index contributed by atoms with van der Waals surface area (Å²) < 4.78 is 0. The first-order valence-electron chi connectivity index (χ1n) is 10.6. The van der Waals surface area contributed by atoms with Gasteiger partial charge in [-0.25, -0.2) is 0 Å². The molecular weight excluding hydrogens is 386 g/mol. The van der Waals surface area contributed by atoms with Crippen LogP contribution in [0.1, 0.15) is 23.2 Å². The van der Waals surface area contributed by atoms with Gasteiger partial charge in [-0.1, -0.05) is 84.9 Å². The van der Waals surface area contributed by atoms with E-state index in [9.17, 15) is 10.1 Å². The molecule has 5 heteroatoms. The van der Waals surface area contributed by atoms with Crippen LogP contribution in [0.4, 0.5) is 0 Å². The SMILES string of the molecule is CN[C@H]1[C@H]([N+](=O)[O-])[C@@H](c2cccc3ccccc23)N(C)[C@@H]1c1cccc2ccccc12. The molecule has 5 rings (SSSR count). The molecule has 1 aliphatic heterocycles. The van der Waals surface area contributed by atoms with Crippen LogP contribution in [0.2, 0.25) is 0 Å². The zero-order valence-corrected chi connectivity index (χ0v) is 17.6. The van der Waals surface area contributed by atoms with Gasteiger partial charge in [0.1, 0.15) is 6.04 Å². The molecule has 0 bridgehead atoms. The van der Waals surface area contributed by atoms with E-state index in [2.05, 4.69) is 52.7 Å². The lowest BCUT2D eigenvalue weighted by atomic mass is 9.91. The number of hydrogen-bond acceptors (Lipinski definition) is 4. The highest BCUT2D eigenvalue weighted by atomic mass is 16.6. The minimum Gasteiger partial charge on any atom is -0.309 e. The Hall–Kier alpha value is -3.28. The molecule has 0 unspecified atom stereocenters. The van der Waals surface area contributed by atoms with Crippen molar-refractivity contribution in [3.8, 4) is 0 Å². The molecule has 4 atom stereocenters. The first-order valence-corrected chi connectivity index (χ1v) is 10.6. The van der Waals surface area contributed by atoms with Gasteiger partial charge < -0.3 is 5.32 Å². The lowest BCUT2D eigenvalue weighted by molar-refractivity contribution is -0.528. The maximum absolute atomic E-state index is 12.4. The summed E-state index contributed by atoms with van der Waals surface area (Å²) in [4.78, 5) is 14.5. The number of nitro groups is 1. The van der Waals surface area contributed by atoms with E-state index < -0.39 is 6.04 Å². The van der Waals surface area contributed by atoms with Crippen LogP contribution < -0.4 is 5.32 Å². The van der Waals surface area contributed by atoms with E-state index in [-0.39, 0.29) is 23.0 Å². The van der Waals surface area contributed by atoms with Crippen LogP contribution in [0.25, 0.3) is 21.5 Å². The Bertz CT molecular complexity index is 1260. The molecule has 0 aliphatic carbocycles. The van der Waals surface area contributed by atoms with Crippen LogP contribution in [0.15, 0.2) is 84.9 Å². The average Bonchev–Trinajstić information content (AvgIpc) is 3.10. The molecule has 1 saturated heterocycles. The molecule has 0 amide bonds. The van der Waals surface area contributed by atoms with Gasteiger partial charge >= 0.3 is 0 Å². The summed E-state index contributed by atoms with van der Waals surface area (Å²) in [5.41, 5.74) is 2.12. The molecule has 1 fully saturated rings. The van der Waals surface area contributed by atoms with Crippen LogP contribution >= 0.6 is 0 Å². The normalized spacial score (nSPS) is 24.1. The number of rotatable bonds is 4. The van der Waals surface area contributed by atoms with E-state index in [1.165, 1.54) is 0 Å². The lowest BCUT2D eigenvalue weighted by Crippen LogP contribution is -2.43. The maximum atomic E-state index is 12.4. The molecule has 0 spiro atoms. The van der Waals surface area contributed by atoms with Gasteiger partial charge in [-0.2, -0.15) is 0 Å². The summed E-state index contributed by atoms with van der Waals surface area (Å²) in [6, 6.07) is 27.2. The molecule has 5 nitrogen and oxygen atoms in total. The Kier molecular flexibility index (Phi) is 4.93. The van der Waals surface area contributed by atoms with Crippen LogP contribution in [0.3, 0.4) is 0 Å². The standard InChI is InChI=1S/C26H25N3O2/c1-27-23-24(21-15-7-11-17-9-3-5-13-19(17)21)28(2)25(26(23)29(30)31)22-16-8-12-18-10-4-6-14-20(18)22/h3-16,23-27H,1-2H3/t23-,24-,25-,26+/m1/s1. The zero-order valence-electron chi connectivity index (χ0n) is 17.6. The van der Waals surface area contributed by atoms with Crippen molar-refractivity contribution in [2.45, 2.75) is 24.2 Å². The maximum Gasteiger partial charge on any atom is 0.249 e. The number of fused-ring (bicyclic) bond motifs is 2. The van der Waals surface area contributed by atoms with Crippen molar-refractivity contribution in [3.05, 3.63) is 106 Å². The number of nitrogens with zero attached hydrogens (tertiary/aromatic N) is 2. The van der Waals surface area contributed by atoms with Gasteiger partial charge in [0.25, 0.3) is 0 Å². The largest absolute Gasteiger partial charge is 0.309 e. The highest BCUT2D eigenvalue weighted by Gasteiger charge is 2.55. The fourth-order valence-electron chi connectivity index (χ4n) is 5.46. The van der Waals surface area contributed by atoms with E-state index in [0.717, 1.165) is 32.7 Å². The van der Waals surface area contributed by atoms with Gasteiger partial charge in [0, 0.05) is 4.92 Å². The van der Waals surface area contributed by atoms with Gasteiger partial charge in [0.05, 0.1) is 12.1 Å². The first-order chi connectivity index (χ1) is 15.1. The molecule has 1 aliphatic rings. The van der Waals surface area contributed by atoms with Gasteiger partial charge in [-0.15, -0.1) is 0 Å². The number of nitrogens with one attached hydrogen (secondary N) is 1. The average molecular weight is 412 g/mol. The molecular formula is C26H25N3O2. The number of likely N-dealkylation sites (N-methyl/N-ethyl adjacent to an activating group) is 2. The third-order valence-electron chi connectivity index (χ3n) is 6.77. The van der Waals surface area contributed by atoms with E-state index in [4.69, 9.17) is 0 Å².